The second-order valence-corrected chi connectivity index (χ2v) is 4.70. The molecule has 0 aliphatic heterocycles. The zero-order valence-electron chi connectivity index (χ0n) is 10.6. The van der Waals surface area contributed by atoms with Crippen LogP contribution in [0.4, 0.5) is 0 Å². The Hall–Kier alpha value is -1.10. The maximum absolute atomic E-state index is 11.7. The maximum atomic E-state index is 11.7. The number of carbonyl (C=O) groups excluding carboxylic acids is 2. The molecule has 0 aromatic heterocycles. The highest BCUT2D eigenvalue weighted by molar-refractivity contribution is 5.82. The molecule has 0 aliphatic carbocycles. The van der Waals surface area contributed by atoms with Crippen LogP contribution < -0.4 is 16.4 Å². The lowest BCUT2D eigenvalue weighted by Gasteiger charge is -2.25. The van der Waals surface area contributed by atoms with Crippen molar-refractivity contribution in [1.82, 2.24) is 10.6 Å². The van der Waals surface area contributed by atoms with Crippen molar-refractivity contribution in [3.05, 3.63) is 0 Å². The Balaban J connectivity index is 4.07. The fourth-order valence-electron chi connectivity index (χ4n) is 1.28. The third-order valence-corrected chi connectivity index (χ3v) is 2.35. The Labute approximate surface area is 97.2 Å². The van der Waals surface area contributed by atoms with E-state index in [1.807, 2.05) is 27.7 Å². The summed E-state index contributed by atoms with van der Waals surface area (Å²) in [5.74, 6) is -0.329. The van der Waals surface area contributed by atoms with Crippen LogP contribution in [-0.2, 0) is 9.59 Å². The minimum absolute atomic E-state index is 0.00813. The van der Waals surface area contributed by atoms with Crippen molar-refractivity contribution in [1.29, 1.82) is 0 Å². The number of hydrogen-bond acceptors (Lipinski definition) is 3. The Morgan fingerprint density at radius 1 is 1.38 bits per heavy atom. The molecule has 0 radical (unpaired) electrons. The molecule has 0 aromatic carbocycles. The Morgan fingerprint density at radius 3 is 2.38 bits per heavy atom. The SMILES string of the molecule is CCNC(=O)C(C)(C)CNC(C)CC(N)=O. The van der Waals surface area contributed by atoms with E-state index in [1.54, 1.807) is 0 Å². The maximum Gasteiger partial charge on any atom is 0.226 e. The van der Waals surface area contributed by atoms with Gasteiger partial charge in [-0.3, -0.25) is 9.59 Å². The van der Waals surface area contributed by atoms with Crippen LogP contribution >= 0.6 is 0 Å². The molecule has 4 N–H and O–H groups in total. The van der Waals surface area contributed by atoms with Crippen LogP contribution in [0.2, 0.25) is 0 Å². The van der Waals surface area contributed by atoms with E-state index in [-0.39, 0.29) is 24.3 Å². The molecule has 0 aromatic rings. The van der Waals surface area contributed by atoms with Crippen LogP contribution in [0.5, 0.6) is 0 Å². The van der Waals surface area contributed by atoms with Gasteiger partial charge in [-0.1, -0.05) is 0 Å². The number of amides is 2. The van der Waals surface area contributed by atoms with Crippen molar-refractivity contribution >= 4 is 11.8 Å². The monoisotopic (exact) mass is 229 g/mol. The predicted molar refractivity (Wildman–Crippen MR) is 63.7 cm³/mol. The molecule has 0 fully saturated rings. The van der Waals surface area contributed by atoms with Gasteiger partial charge < -0.3 is 16.4 Å². The van der Waals surface area contributed by atoms with Gasteiger partial charge in [0.25, 0.3) is 0 Å². The van der Waals surface area contributed by atoms with Gasteiger partial charge in [0, 0.05) is 25.6 Å². The smallest absolute Gasteiger partial charge is 0.226 e. The lowest BCUT2D eigenvalue weighted by atomic mass is 9.92. The van der Waals surface area contributed by atoms with Gasteiger partial charge in [0.2, 0.25) is 11.8 Å². The van der Waals surface area contributed by atoms with Crippen molar-refractivity contribution < 1.29 is 9.59 Å². The van der Waals surface area contributed by atoms with Gasteiger partial charge in [-0.2, -0.15) is 0 Å². The third kappa shape index (κ3) is 5.70. The van der Waals surface area contributed by atoms with Gasteiger partial charge in [-0.25, -0.2) is 0 Å². The Kier molecular flexibility index (Phi) is 6.03. The van der Waals surface area contributed by atoms with Crippen molar-refractivity contribution in [2.75, 3.05) is 13.1 Å². The average Bonchev–Trinajstić information content (AvgIpc) is 2.14. The summed E-state index contributed by atoms with van der Waals surface area (Å²) in [5.41, 5.74) is 4.60. The molecule has 0 aliphatic rings. The lowest BCUT2D eigenvalue weighted by molar-refractivity contribution is -0.129. The molecular weight excluding hydrogens is 206 g/mol. The van der Waals surface area contributed by atoms with E-state index in [9.17, 15) is 9.59 Å². The van der Waals surface area contributed by atoms with Crippen LogP contribution in [0.15, 0.2) is 0 Å². The Bertz CT molecular complexity index is 252. The first-order chi connectivity index (χ1) is 7.29. The summed E-state index contributed by atoms with van der Waals surface area (Å²) in [6, 6.07) is -0.00815. The zero-order chi connectivity index (χ0) is 12.8. The van der Waals surface area contributed by atoms with Crippen LogP contribution in [0.25, 0.3) is 0 Å². The molecule has 1 atom stereocenters. The highest BCUT2D eigenvalue weighted by Gasteiger charge is 2.27. The van der Waals surface area contributed by atoms with Crippen molar-refractivity contribution in [3.8, 4) is 0 Å². The number of nitrogens with one attached hydrogen (secondary N) is 2. The minimum atomic E-state index is -0.484. The molecule has 5 nitrogen and oxygen atoms in total. The molecule has 2 amide bonds. The van der Waals surface area contributed by atoms with E-state index in [1.165, 1.54) is 0 Å². The minimum Gasteiger partial charge on any atom is -0.370 e. The first-order valence-corrected chi connectivity index (χ1v) is 5.59. The van der Waals surface area contributed by atoms with Gasteiger partial charge in [0.05, 0.1) is 5.41 Å². The molecule has 5 heteroatoms. The van der Waals surface area contributed by atoms with Gasteiger partial charge in [-0.15, -0.1) is 0 Å². The van der Waals surface area contributed by atoms with Gasteiger partial charge in [-0.05, 0) is 27.7 Å². The quantitative estimate of drug-likeness (QED) is 0.574. The summed E-state index contributed by atoms with van der Waals surface area (Å²) in [6.45, 7) is 8.63. The van der Waals surface area contributed by atoms with Gasteiger partial charge in [0.15, 0.2) is 0 Å². The number of primary amides is 1. The highest BCUT2D eigenvalue weighted by atomic mass is 16.2. The summed E-state index contributed by atoms with van der Waals surface area (Å²) in [4.78, 5) is 22.3. The van der Waals surface area contributed by atoms with Crippen LogP contribution in [0, 0.1) is 5.41 Å². The van der Waals surface area contributed by atoms with Gasteiger partial charge in [0.1, 0.15) is 0 Å². The number of carbonyl (C=O) groups is 2. The van der Waals surface area contributed by atoms with E-state index in [4.69, 9.17) is 5.73 Å². The largest absolute Gasteiger partial charge is 0.370 e. The average molecular weight is 229 g/mol. The molecule has 0 heterocycles. The normalized spacial score (nSPS) is 13.2. The molecule has 1 unspecified atom stereocenters. The van der Waals surface area contributed by atoms with Crippen LogP contribution in [0.1, 0.15) is 34.1 Å². The molecule has 0 bridgehead atoms. The molecule has 0 rings (SSSR count). The standard InChI is InChI=1S/C11H23N3O2/c1-5-13-10(16)11(3,4)7-14-8(2)6-9(12)15/h8,14H,5-7H2,1-4H3,(H2,12,15)(H,13,16). The molecule has 94 valence electrons. The van der Waals surface area contributed by atoms with E-state index in [2.05, 4.69) is 10.6 Å². The topological polar surface area (TPSA) is 84.2 Å². The summed E-state index contributed by atoms with van der Waals surface area (Å²) in [6.07, 6.45) is 0.283. The van der Waals surface area contributed by atoms with Crippen molar-refractivity contribution in [3.63, 3.8) is 0 Å². The molecule has 0 saturated heterocycles. The molecule has 0 spiro atoms. The second-order valence-electron chi connectivity index (χ2n) is 4.70. The number of rotatable bonds is 7. The molecule has 0 saturated carbocycles. The fraction of sp³-hybridized carbons (Fsp3) is 0.818. The summed E-state index contributed by atoms with van der Waals surface area (Å²) in [5, 5.41) is 5.91. The van der Waals surface area contributed by atoms with E-state index >= 15 is 0 Å². The molecular formula is C11H23N3O2. The summed E-state index contributed by atoms with van der Waals surface area (Å²) in [7, 11) is 0. The summed E-state index contributed by atoms with van der Waals surface area (Å²) < 4.78 is 0. The van der Waals surface area contributed by atoms with Crippen LogP contribution in [0.3, 0.4) is 0 Å². The highest BCUT2D eigenvalue weighted by Crippen LogP contribution is 2.13. The molecule has 16 heavy (non-hydrogen) atoms. The second kappa shape index (κ2) is 6.48. The van der Waals surface area contributed by atoms with Gasteiger partial charge >= 0.3 is 0 Å². The number of hydrogen-bond donors (Lipinski definition) is 3. The predicted octanol–water partition coefficient (Wildman–Crippen LogP) is 0.00220. The zero-order valence-corrected chi connectivity index (χ0v) is 10.6. The third-order valence-electron chi connectivity index (χ3n) is 2.35. The van der Waals surface area contributed by atoms with Crippen molar-refractivity contribution in [2.24, 2.45) is 11.1 Å². The van der Waals surface area contributed by atoms with Crippen molar-refractivity contribution in [2.45, 2.75) is 40.2 Å². The number of nitrogens with two attached hydrogens (primary N) is 1. The Morgan fingerprint density at radius 2 is 1.94 bits per heavy atom. The fourth-order valence-corrected chi connectivity index (χ4v) is 1.28. The summed E-state index contributed by atoms with van der Waals surface area (Å²) >= 11 is 0. The first-order valence-electron chi connectivity index (χ1n) is 5.59. The van der Waals surface area contributed by atoms with Crippen LogP contribution in [-0.4, -0.2) is 30.9 Å². The van der Waals surface area contributed by atoms with E-state index in [0.29, 0.717) is 13.1 Å². The van der Waals surface area contributed by atoms with E-state index in [0.717, 1.165) is 0 Å². The lowest BCUT2D eigenvalue weighted by Crippen LogP contribution is -2.46. The van der Waals surface area contributed by atoms with E-state index < -0.39 is 5.41 Å². The first kappa shape index (κ1) is 14.9.